The van der Waals surface area contributed by atoms with Crippen LogP contribution in [0, 0.1) is 24.0 Å². The van der Waals surface area contributed by atoms with E-state index in [1.807, 2.05) is 0 Å². The van der Waals surface area contributed by atoms with Gasteiger partial charge in [-0.1, -0.05) is 0 Å². The van der Waals surface area contributed by atoms with Crippen molar-refractivity contribution in [3.63, 3.8) is 0 Å². The number of hydrogen-bond donors (Lipinski definition) is 2. The Kier molecular flexibility index (Phi) is 3.07. The maximum absolute atomic E-state index is 12.1. The summed E-state index contributed by atoms with van der Waals surface area (Å²) in [6, 6.07) is 2.71. The molecular formula is C11H13N5O3. The number of nitro groups is 1. The van der Waals surface area contributed by atoms with E-state index < -0.39 is 10.8 Å². The van der Waals surface area contributed by atoms with Gasteiger partial charge < -0.3 is 15.4 Å². The van der Waals surface area contributed by atoms with Crippen LogP contribution >= 0.6 is 0 Å². The molecule has 1 amide bonds. The van der Waals surface area contributed by atoms with Gasteiger partial charge in [0.2, 0.25) is 0 Å². The number of H-pyrrole nitrogens is 1. The van der Waals surface area contributed by atoms with E-state index in [4.69, 9.17) is 0 Å². The predicted octanol–water partition coefficient (Wildman–Crippen LogP) is 1.53. The van der Waals surface area contributed by atoms with Gasteiger partial charge in [-0.25, -0.2) is 4.57 Å². The number of carbonyl (C=O) groups is 1. The highest BCUT2D eigenvalue weighted by atomic mass is 16.6. The lowest BCUT2D eigenvalue weighted by molar-refractivity contribution is -0.391. The van der Waals surface area contributed by atoms with E-state index >= 15 is 0 Å². The van der Waals surface area contributed by atoms with Gasteiger partial charge in [0.15, 0.2) is 5.69 Å². The van der Waals surface area contributed by atoms with Gasteiger partial charge in [0, 0.05) is 6.07 Å². The molecule has 100 valence electrons. The van der Waals surface area contributed by atoms with Gasteiger partial charge in [-0.3, -0.25) is 9.89 Å². The molecule has 8 heteroatoms. The highest BCUT2D eigenvalue weighted by Crippen LogP contribution is 2.19. The molecule has 2 aromatic heterocycles. The van der Waals surface area contributed by atoms with Crippen molar-refractivity contribution in [3.05, 3.63) is 39.3 Å². The van der Waals surface area contributed by atoms with Crippen molar-refractivity contribution in [2.75, 3.05) is 5.32 Å². The van der Waals surface area contributed by atoms with E-state index in [1.54, 1.807) is 13.8 Å². The molecule has 0 aliphatic heterocycles. The fourth-order valence-electron chi connectivity index (χ4n) is 1.82. The van der Waals surface area contributed by atoms with E-state index in [0.717, 1.165) is 5.69 Å². The molecule has 19 heavy (non-hydrogen) atoms. The van der Waals surface area contributed by atoms with Crippen molar-refractivity contribution in [2.24, 2.45) is 7.05 Å². The Morgan fingerprint density at radius 2 is 2.16 bits per heavy atom. The van der Waals surface area contributed by atoms with Crippen molar-refractivity contribution >= 4 is 17.4 Å². The van der Waals surface area contributed by atoms with E-state index in [0.29, 0.717) is 11.4 Å². The lowest BCUT2D eigenvalue weighted by atomic mass is 10.3. The third-order valence-corrected chi connectivity index (χ3v) is 2.88. The van der Waals surface area contributed by atoms with Crippen LogP contribution in [0.25, 0.3) is 0 Å². The minimum atomic E-state index is -0.537. The highest BCUT2D eigenvalue weighted by molar-refractivity contribution is 6.04. The minimum absolute atomic E-state index is 0.134. The van der Waals surface area contributed by atoms with E-state index in [1.165, 1.54) is 23.7 Å². The van der Waals surface area contributed by atoms with Crippen molar-refractivity contribution in [1.29, 1.82) is 0 Å². The maximum atomic E-state index is 12.1. The third kappa shape index (κ3) is 2.19. The van der Waals surface area contributed by atoms with Gasteiger partial charge in [0.25, 0.3) is 5.91 Å². The van der Waals surface area contributed by atoms with Crippen LogP contribution in [-0.4, -0.2) is 25.6 Å². The smallest absolute Gasteiger partial charge is 0.323 e. The fraction of sp³-hybridized carbons (Fsp3) is 0.273. The number of aryl methyl sites for hydroxylation is 2. The number of carbonyl (C=O) groups excluding carboxylic acids is 1. The lowest BCUT2D eigenvalue weighted by Gasteiger charge is -2.04. The zero-order chi connectivity index (χ0) is 14.2. The van der Waals surface area contributed by atoms with Crippen LogP contribution in [-0.2, 0) is 7.05 Å². The van der Waals surface area contributed by atoms with Crippen LogP contribution in [0.5, 0.6) is 0 Å². The van der Waals surface area contributed by atoms with Gasteiger partial charge >= 0.3 is 5.82 Å². The van der Waals surface area contributed by atoms with Crippen LogP contribution in [0.15, 0.2) is 12.1 Å². The molecule has 8 nitrogen and oxygen atoms in total. The molecule has 0 fully saturated rings. The molecule has 0 bridgehead atoms. The predicted molar refractivity (Wildman–Crippen MR) is 68.1 cm³/mol. The summed E-state index contributed by atoms with van der Waals surface area (Å²) in [5, 5.41) is 20.1. The quantitative estimate of drug-likeness (QED) is 0.646. The second-order valence-corrected chi connectivity index (χ2v) is 4.16. The molecule has 0 saturated carbocycles. The number of anilines is 1. The zero-order valence-electron chi connectivity index (χ0n) is 10.7. The fourth-order valence-corrected chi connectivity index (χ4v) is 1.82. The number of nitrogens with zero attached hydrogens (tertiary/aromatic N) is 3. The van der Waals surface area contributed by atoms with Crippen molar-refractivity contribution in [1.82, 2.24) is 14.8 Å². The first-order valence-electron chi connectivity index (χ1n) is 5.55. The molecule has 2 N–H and O–H groups in total. The monoisotopic (exact) mass is 263 g/mol. The molecule has 0 aliphatic rings. The average Bonchev–Trinajstić information content (AvgIpc) is 2.86. The second-order valence-electron chi connectivity index (χ2n) is 4.16. The number of rotatable bonds is 3. The van der Waals surface area contributed by atoms with E-state index in [-0.39, 0.29) is 11.5 Å². The maximum Gasteiger partial charge on any atom is 0.323 e. The molecule has 0 atom stereocenters. The average molecular weight is 263 g/mol. The van der Waals surface area contributed by atoms with E-state index in [9.17, 15) is 14.9 Å². The van der Waals surface area contributed by atoms with Crippen LogP contribution in [0.4, 0.5) is 11.5 Å². The first kappa shape index (κ1) is 12.8. The topological polar surface area (TPSA) is 106 Å². The number of aromatic amines is 1. The number of aromatic nitrogens is 3. The summed E-state index contributed by atoms with van der Waals surface area (Å²) in [4.78, 5) is 22.3. The normalized spacial score (nSPS) is 10.5. The van der Waals surface area contributed by atoms with Crippen molar-refractivity contribution in [3.8, 4) is 0 Å². The van der Waals surface area contributed by atoms with Gasteiger partial charge in [0.05, 0.1) is 24.1 Å². The summed E-state index contributed by atoms with van der Waals surface area (Å²) >= 11 is 0. The molecule has 0 aliphatic carbocycles. The van der Waals surface area contributed by atoms with Crippen molar-refractivity contribution < 1.29 is 9.72 Å². The second kappa shape index (κ2) is 4.56. The third-order valence-electron chi connectivity index (χ3n) is 2.88. The van der Waals surface area contributed by atoms with Crippen LogP contribution in [0.1, 0.15) is 21.9 Å². The molecule has 2 aromatic rings. The largest absolute Gasteiger partial charge is 0.358 e. The summed E-state index contributed by atoms with van der Waals surface area (Å²) < 4.78 is 1.24. The Bertz CT molecular complexity index is 636. The van der Waals surface area contributed by atoms with Gasteiger partial charge in [-0.15, -0.1) is 0 Å². The zero-order valence-corrected chi connectivity index (χ0v) is 10.7. The SMILES string of the molecule is Cc1n[nH]c(C)c1NC(=O)c1ccc([N+](=O)[O-])n1C. The van der Waals surface area contributed by atoms with Gasteiger partial charge in [-0.2, -0.15) is 5.10 Å². The van der Waals surface area contributed by atoms with Gasteiger partial charge in [-0.05, 0) is 24.8 Å². The molecule has 0 spiro atoms. The molecule has 2 rings (SSSR count). The Hall–Kier alpha value is -2.64. The van der Waals surface area contributed by atoms with Crippen molar-refractivity contribution in [2.45, 2.75) is 13.8 Å². The van der Waals surface area contributed by atoms with Crippen LogP contribution in [0.3, 0.4) is 0 Å². The van der Waals surface area contributed by atoms with Crippen LogP contribution in [0.2, 0.25) is 0 Å². The summed E-state index contributed by atoms with van der Waals surface area (Å²) in [7, 11) is 1.47. The lowest BCUT2D eigenvalue weighted by Crippen LogP contribution is -2.17. The number of nitrogens with one attached hydrogen (secondary N) is 2. The Labute approximate surface area is 108 Å². The molecule has 0 aromatic carbocycles. The Morgan fingerprint density at radius 3 is 2.63 bits per heavy atom. The molecule has 0 radical (unpaired) electrons. The number of amides is 1. The summed E-state index contributed by atoms with van der Waals surface area (Å²) in [5.41, 5.74) is 2.20. The van der Waals surface area contributed by atoms with E-state index in [2.05, 4.69) is 15.5 Å². The standard InChI is InChI=1S/C11H13N5O3/c1-6-10(7(2)14-13-6)12-11(17)8-4-5-9(15(8)3)16(18)19/h4-5H,1-3H3,(H,12,17)(H,13,14). The first-order valence-corrected chi connectivity index (χ1v) is 5.55. The van der Waals surface area contributed by atoms with Crippen LogP contribution < -0.4 is 5.32 Å². The highest BCUT2D eigenvalue weighted by Gasteiger charge is 2.21. The summed E-state index contributed by atoms with van der Waals surface area (Å²) in [5.74, 6) is -0.547. The molecule has 2 heterocycles. The first-order chi connectivity index (χ1) is 8.91. The summed E-state index contributed by atoms with van der Waals surface area (Å²) in [6.45, 7) is 3.54. The number of hydrogen-bond acceptors (Lipinski definition) is 4. The Morgan fingerprint density at radius 1 is 1.47 bits per heavy atom. The molecule has 0 saturated heterocycles. The Balaban J connectivity index is 2.29. The molecular weight excluding hydrogens is 250 g/mol. The summed E-state index contributed by atoms with van der Waals surface area (Å²) in [6.07, 6.45) is 0. The minimum Gasteiger partial charge on any atom is -0.358 e. The molecule has 0 unspecified atom stereocenters. The van der Waals surface area contributed by atoms with Gasteiger partial charge in [0.1, 0.15) is 0 Å².